The second-order valence-electron chi connectivity index (χ2n) is 3.60. The second kappa shape index (κ2) is 6.26. The summed E-state index contributed by atoms with van der Waals surface area (Å²) in [5.41, 5.74) is 1.22. The maximum absolute atomic E-state index is 11.1. The first-order valence-electron chi connectivity index (χ1n) is 5.06. The van der Waals surface area contributed by atoms with Gasteiger partial charge in [-0.3, -0.25) is 0 Å². The van der Waals surface area contributed by atoms with E-state index in [9.17, 15) is 8.42 Å². The van der Waals surface area contributed by atoms with Crippen LogP contribution in [0, 0.1) is 0 Å². The minimum Gasteiger partial charge on any atom is -0.496 e. The van der Waals surface area contributed by atoms with E-state index in [2.05, 4.69) is 0 Å². The summed E-state index contributed by atoms with van der Waals surface area (Å²) in [6, 6.07) is 3.22. The van der Waals surface area contributed by atoms with Crippen molar-refractivity contribution in [3.8, 4) is 11.5 Å². The fourth-order valence-corrected chi connectivity index (χ4v) is 2.55. The molecule has 7 heteroatoms. The van der Waals surface area contributed by atoms with Crippen molar-refractivity contribution in [1.82, 2.24) is 0 Å². The molecule has 0 amide bonds. The third kappa shape index (κ3) is 4.04. The Morgan fingerprint density at radius 2 is 1.61 bits per heavy atom. The molecule has 1 aromatic carbocycles. The molecule has 0 fully saturated rings. The summed E-state index contributed by atoms with van der Waals surface area (Å²) in [5, 5.41) is 0. The van der Waals surface area contributed by atoms with Crippen molar-refractivity contribution in [3.63, 3.8) is 0 Å². The fraction of sp³-hybridized carbons (Fsp3) is 0.455. The van der Waals surface area contributed by atoms with Crippen LogP contribution in [0.1, 0.15) is 11.1 Å². The first kappa shape index (κ1) is 15.1. The molecule has 0 saturated heterocycles. The third-order valence-electron chi connectivity index (χ3n) is 2.30. The predicted molar refractivity (Wildman–Crippen MR) is 68.7 cm³/mol. The molecular formula is C11H15ClO5S. The highest BCUT2D eigenvalue weighted by Gasteiger charge is 2.15. The first-order valence-corrected chi connectivity index (χ1v) is 7.54. The zero-order valence-electron chi connectivity index (χ0n) is 10.4. The maximum atomic E-state index is 11.1. The molecule has 5 nitrogen and oxygen atoms in total. The number of benzene rings is 1. The summed E-state index contributed by atoms with van der Waals surface area (Å²) < 4.78 is 37.6. The van der Waals surface area contributed by atoms with Gasteiger partial charge in [-0.25, -0.2) is 8.42 Å². The summed E-state index contributed by atoms with van der Waals surface area (Å²) in [7, 11) is 6.14. The van der Waals surface area contributed by atoms with Crippen LogP contribution in [0.15, 0.2) is 12.1 Å². The smallest absolute Gasteiger partial charge is 0.236 e. The van der Waals surface area contributed by atoms with E-state index < -0.39 is 9.05 Å². The topological polar surface area (TPSA) is 61.8 Å². The van der Waals surface area contributed by atoms with Crippen LogP contribution in [0.2, 0.25) is 0 Å². The molecule has 0 aliphatic rings. The van der Waals surface area contributed by atoms with Gasteiger partial charge in [0.15, 0.2) is 0 Å². The van der Waals surface area contributed by atoms with Gasteiger partial charge in [0.2, 0.25) is 9.05 Å². The largest absolute Gasteiger partial charge is 0.496 e. The molecule has 102 valence electrons. The highest BCUT2D eigenvalue weighted by atomic mass is 35.7. The Kier molecular flexibility index (Phi) is 5.25. The zero-order chi connectivity index (χ0) is 13.8. The van der Waals surface area contributed by atoms with Crippen LogP contribution in [-0.4, -0.2) is 29.7 Å². The standard InChI is InChI=1S/C11H15ClO5S/c1-15-6-9-10(16-2)4-8(5-11(9)17-3)7-18(12,13)14/h4-5H,6-7H2,1-3H3. The molecule has 0 heterocycles. The van der Waals surface area contributed by atoms with Gasteiger partial charge in [-0.05, 0) is 17.7 Å². The van der Waals surface area contributed by atoms with Crippen LogP contribution in [0.25, 0.3) is 0 Å². The number of rotatable bonds is 6. The van der Waals surface area contributed by atoms with Gasteiger partial charge in [0, 0.05) is 17.8 Å². The van der Waals surface area contributed by atoms with E-state index in [-0.39, 0.29) is 5.75 Å². The van der Waals surface area contributed by atoms with Crippen LogP contribution in [0.5, 0.6) is 11.5 Å². The minimum atomic E-state index is -3.62. The fourth-order valence-electron chi connectivity index (χ4n) is 1.61. The van der Waals surface area contributed by atoms with Gasteiger partial charge in [-0.2, -0.15) is 0 Å². The minimum absolute atomic E-state index is 0.283. The van der Waals surface area contributed by atoms with E-state index in [0.29, 0.717) is 23.7 Å². The molecule has 1 aromatic rings. The average molecular weight is 295 g/mol. The molecule has 0 bridgehead atoms. The highest BCUT2D eigenvalue weighted by molar-refractivity contribution is 8.13. The Labute approximate surface area is 111 Å². The molecule has 0 aromatic heterocycles. The molecular weight excluding hydrogens is 280 g/mol. The van der Waals surface area contributed by atoms with Gasteiger partial charge >= 0.3 is 0 Å². The summed E-state index contributed by atoms with van der Waals surface area (Å²) >= 11 is 0. The van der Waals surface area contributed by atoms with Crippen LogP contribution in [0.4, 0.5) is 0 Å². The number of methoxy groups -OCH3 is 3. The van der Waals surface area contributed by atoms with Gasteiger partial charge in [-0.1, -0.05) is 0 Å². The quantitative estimate of drug-likeness (QED) is 0.750. The Morgan fingerprint density at radius 3 is 1.94 bits per heavy atom. The van der Waals surface area contributed by atoms with E-state index >= 15 is 0 Å². The highest BCUT2D eigenvalue weighted by Crippen LogP contribution is 2.32. The van der Waals surface area contributed by atoms with Crippen LogP contribution in [-0.2, 0) is 26.1 Å². The molecule has 18 heavy (non-hydrogen) atoms. The third-order valence-corrected chi connectivity index (χ3v) is 3.30. The summed E-state index contributed by atoms with van der Waals surface area (Å²) in [6.45, 7) is 0.306. The van der Waals surface area contributed by atoms with Gasteiger partial charge in [0.25, 0.3) is 0 Å². The van der Waals surface area contributed by atoms with Crippen LogP contribution in [0.3, 0.4) is 0 Å². The lowest BCUT2D eigenvalue weighted by Gasteiger charge is -2.14. The van der Waals surface area contributed by atoms with Crippen molar-refractivity contribution in [1.29, 1.82) is 0 Å². The van der Waals surface area contributed by atoms with E-state index in [1.807, 2.05) is 0 Å². The van der Waals surface area contributed by atoms with Gasteiger partial charge in [0.05, 0.1) is 32.1 Å². The Hall–Kier alpha value is -0.980. The Morgan fingerprint density at radius 1 is 1.11 bits per heavy atom. The molecule has 0 spiro atoms. The van der Waals surface area contributed by atoms with E-state index in [4.69, 9.17) is 24.9 Å². The summed E-state index contributed by atoms with van der Waals surface area (Å²) in [4.78, 5) is 0. The Balaban J connectivity index is 3.25. The van der Waals surface area contributed by atoms with Crippen molar-refractivity contribution in [3.05, 3.63) is 23.3 Å². The van der Waals surface area contributed by atoms with Gasteiger partial charge in [-0.15, -0.1) is 0 Å². The number of hydrogen-bond acceptors (Lipinski definition) is 5. The maximum Gasteiger partial charge on any atom is 0.236 e. The Bertz CT molecular complexity index is 487. The number of ether oxygens (including phenoxy) is 3. The average Bonchev–Trinajstić information content (AvgIpc) is 2.28. The van der Waals surface area contributed by atoms with Crippen molar-refractivity contribution < 1.29 is 22.6 Å². The van der Waals surface area contributed by atoms with Crippen molar-refractivity contribution in [2.24, 2.45) is 0 Å². The normalized spacial score (nSPS) is 11.3. The molecule has 0 saturated carbocycles. The predicted octanol–water partition coefficient (Wildman–Crippen LogP) is 1.92. The van der Waals surface area contributed by atoms with E-state index in [1.165, 1.54) is 14.2 Å². The lowest BCUT2D eigenvalue weighted by atomic mass is 10.1. The second-order valence-corrected chi connectivity index (χ2v) is 6.37. The van der Waals surface area contributed by atoms with Crippen LogP contribution >= 0.6 is 10.7 Å². The molecule has 0 aliphatic carbocycles. The van der Waals surface area contributed by atoms with E-state index in [1.54, 1.807) is 19.2 Å². The molecule has 0 atom stereocenters. The lowest BCUT2D eigenvalue weighted by molar-refractivity contribution is 0.178. The number of halogens is 1. The van der Waals surface area contributed by atoms with Gasteiger partial charge in [0.1, 0.15) is 11.5 Å². The van der Waals surface area contributed by atoms with Crippen LogP contribution < -0.4 is 9.47 Å². The summed E-state index contributed by atoms with van der Waals surface area (Å²) in [6.07, 6.45) is 0. The molecule has 0 unspecified atom stereocenters. The molecule has 1 rings (SSSR count). The van der Waals surface area contributed by atoms with Crippen molar-refractivity contribution >= 4 is 19.7 Å². The molecule has 0 aliphatic heterocycles. The molecule has 0 N–H and O–H groups in total. The number of hydrogen-bond donors (Lipinski definition) is 0. The lowest BCUT2D eigenvalue weighted by Crippen LogP contribution is -2.02. The summed E-state index contributed by atoms with van der Waals surface area (Å²) in [5.74, 6) is 0.729. The monoisotopic (exact) mass is 294 g/mol. The SMILES string of the molecule is COCc1c(OC)cc(CS(=O)(=O)Cl)cc1OC. The van der Waals surface area contributed by atoms with Crippen molar-refractivity contribution in [2.75, 3.05) is 21.3 Å². The zero-order valence-corrected chi connectivity index (χ0v) is 12.0. The molecule has 0 radical (unpaired) electrons. The van der Waals surface area contributed by atoms with Crippen molar-refractivity contribution in [2.45, 2.75) is 12.4 Å². The van der Waals surface area contributed by atoms with Gasteiger partial charge < -0.3 is 14.2 Å². The first-order chi connectivity index (χ1) is 8.41. The van der Waals surface area contributed by atoms with E-state index in [0.717, 1.165) is 5.56 Å².